The van der Waals surface area contributed by atoms with E-state index in [1.807, 2.05) is 30.3 Å². The van der Waals surface area contributed by atoms with Gasteiger partial charge in [0.05, 0.1) is 6.04 Å². The molecule has 0 unspecified atom stereocenters. The molecule has 5 atom stereocenters. The predicted molar refractivity (Wildman–Crippen MR) is 205 cm³/mol. The van der Waals surface area contributed by atoms with Gasteiger partial charge in [-0.1, -0.05) is 60.7 Å². The highest BCUT2D eigenvalue weighted by Gasteiger charge is 2.32. The number of aromatic hydroxyl groups is 1. The molecule has 0 bridgehead atoms. The number of amides is 6. The van der Waals surface area contributed by atoms with E-state index in [0.29, 0.717) is 24.0 Å². The number of H-pyrrole nitrogens is 1. The highest BCUT2D eigenvalue weighted by Crippen LogP contribution is 2.20. The molecule has 290 valence electrons. The number of primary amides is 1. The summed E-state index contributed by atoms with van der Waals surface area (Å²) in [4.78, 5) is 83.8. The topological polar surface area (TPSA) is 251 Å². The Labute approximate surface area is 318 Å². The molecule has 15 nitrogen and oxygen atoms in total. The van der Waals surface area contributed by atoms with E-state index in [2.05, 4.69) is 31.6 Å². The van der Waals surface area contributed by atoms with Gasteiger partial charge in [-0.25, -0.2) is 0 Å². The number of para-hydroxylation sites is 1. The number of aromatic amines is 1. The number of nitrogens with one attached hydrogen (secondary N) is 6. The number of nitrogens with two attached hydrogens (primary N) is 2. The largest absolute Gasteiger partial charge is 0.508 e. The van der Waals surface area contributed by atoms with Gasteiger partial charge < -0.3 is 48.1 Å². The van der Waals surface area contributed by atoms with Crippen molar-refractivity contribution in [1.82, 2.24) is 31.6 Å². The monoisotopic (exact) mass is 752 g/mol. The van der Waals surface area contributed by atoms with E-state index in [1.165, 1.54) is 12.1 Å². The minimum absolute atomic E-state index is 0.0260. The van der Waals surface area contributed by atoms with Gasteiger partial charge in [0, 0.05) is 42.9 Å². The molecule has 1 saturated heterocycles. The van der Waals surface area contributed by atoms with Crippen LogP contribution in [-0.2, 0) is 48.0 Å². The summed E-state index contributed by atoms with van der Waals surface area (Å²) in [6, 6.07) is 17.0. The van der Waals surface area contributed by atoms with Crippen molar-refractivity contribution in [2.75, 3.05) is 6.54 Å². The minimum atomic E-state index is -1.21. The van der Waals surface area contributed by atoms with Crippen LogP contribution in [0.5, 0.6) is 5.75 Å². The first kappa shape index (κ1) is 40.0. The molecule has 5 rings (SSSR count). The predicted octanol–water partition coefficient (Wildman–Crippen LogP) is 0.734. The van der Waals surface area contributed by atoms with Gasteiger partial charge in [-0.3, -0.25) is 28.8 Å². The molecule has 3 aromatic carbocycles. The molecule has 4 aromatic rings. The molecular formula is C40H48N8O7. The maximum Gasteiger partial charge on any atom is 0.243 e. The fourth-order valence-electron chi connectivity index (χ4n) is 6.48. The Bertz CT molecular complexity index is 1970. The number of carbonyl (C=O) groups is 6. The third-order valence-electron chi connectivity index (χ3n) is 9.57. The Balaban J connectivity index is 1.44. The number of rotatable bonds is 9. The van der Waals surface area contributed by atoms with Crippen LogP contribution in [0.4, 0.5) is 0 Å². The van der Waals surface area contributed by atoms with Crippen LogP contribution in [0, 0.1) is 0 Å². The number of benzene rings is 3. The Morgan fingerprint density at radius 3 is 2.20 bits per heavy atom. The van der Waals surface area contributed by atoms with Gasteiger partial charge in [-0.2, -0.15) is 0 Å². The van der Waals surface area contributed by atoms with Gasteiger partial charge in [-0.05, 0) is 67.0 Å². The number of aromatic nitrogens is 1. The van der Waals surface area contributed by atoms with E-state index in [1.54, 1.807) is 42.6 Å². The molecule has 0 radical (unpaired) electrons. The number of fused-ring (bicyclic) bond motifs is 1. The molecule has 15 heteroatoms. The Morgan fingerprint density at radius 2 is 1.45 bits per heavy atom. The lowest BCUT2D eigenvalue weighted by Crippen LogP contribution is -2.59. The highest BCUT2D eigenvalue weighted by molar-refractivity contribution is 5.96. The number of hydrogen-bond donors (Lipinski definition) is 9. The van der Waals surface area contributed by atoms with Crippen LogP contribution in [0.15, 0.2) is 85.1 Å². The number of phenolic OH excluding ortho intramolecular Hbond substituents is 1. The van der Waals surface area contributed by atoms with Crippen molar-refractivity contribution in [1.29, 1.82) is 0 Å². The second kappa shape index (κ2) is 19.2. The maximum absolute atomic E-state index is 14.3. The first-order chi connectivity index (χ1) is 26.5. The van der Waals surface area contributed by atoms with Crippen molar-refractivity contribution in [2.45, 2.75) is 81.6 Å². The van der Waals surface area contributed by atoms with Crippen LogP contribution in [0.25, 0.3) is 10.9 Å². The summed E-state index contributed by atoms with van der Waals surface area (Å²) >= 11 is 0. The fraction of sp³-hybridized carbons (Fsp3) is 0.350. The van der Waals surface area contributed by atoms with Gasteiger partial charge in [0.2, 0.25) is 35.4 Å². The van der Waals surface area contributed by atoms with Crippen LogP contribution < -0.4 is 38.1 Å². The molecule has 1 aromatic heterocycles. The van der Waals surface area contributed by atoms with Crippen molar-refractivity contribution in [2.24, 2.45) is 11.5 Å². The lowest BCUT2D eigenvalue weighted by atomic mass is 10.0. The quantitative estimate of drug-likeness (QED) is 0.118. The average Bonchev–Trinajstić information content (AvgIpc) is 3.58. The van der Waals surface area contributed by atoms with Crippen molar-refractivity contribution >= 4 is 46.3 Å². The SMILES string of the molecule is NC(=O)[C@@H]1CCC(=O)NCCCC[C@@H](NC(=O)[C@@H](N)Cc2ccc(O)cc2)C(=O)N[C@@H](Cc2c[nH]c3ccccc23)C(=O)N[C@@H](Cc2ccccc2)C(=O)N1. The van der Waals surface area contributed by atoms with Gasteiger partial charge in [0.15, 0.2) is 0 Å². The summed E-state index contributed by atoms with van der Waals surface area (Å²) in [6.45, 7) is 0.250. The molecule has 11 N–H and O–H groups in total. The van der Waals surface area contributed by atoms with Crippen molar-refractivity contribution in [3.63, 3.8) is 0 Å². The van der Waals surface area contributed by atoms with Crippen LogP contribution in [0.2, 0.25) is 0 Å². The highest BCUT2D eigenvalue weighted by atomic mass is 16.3. The Morgan fingerprint density at radius 1 is 0.782 bits per heavy atom. The zero-order valence-corrected chi connectivity index (χ0v) is 30.4. The molecule has 0 spiro atoms. The molecule has 55 heavy (non-hydrogen) atoms. The molecule has 0 aliphatic carbocycles. The van der Waals surface area contributed by atoms with E-state index in [0.717, 1.165) is 16.5 Å². The van der Waals surface area contributed by atoms with Crippen molar-refractivity contribution in [3.8, 4) is 5.75 Å². The number of carbonyl (C=O) groups excluding carboxylic acids is 6. The van der Waals surface area contributed by atoms with Crippen molar-refractivity contribution < 1.29 is 33.9 Å². The summed E-state index contributed by atoms with van der Waals surface area (Å²) in [5.74, 6) is -3.75. The van der Waals surface area contributed by atoms with E-state index in [-0.39, 0.29) is 56.7 Å². The molecular weight excluding hydrogens is 704 g/mol. The van der Waals surface area contributed by atoms with Gasteiger partial charge in [0.1, 0.15) is 29.9 Å². The lowest BCUT2D eigenvalue weighted by Gasteiger charge is -2.27. The Kier molecular flexibility index (Phi) is 14.0. The van der Waals surface area contributed by atoms with Crippen LogP contribution in [0.3, 0.4) is 0 Å². The molecule has 1 fully saturated rings. The lowest BCUT2D eigenvalue weighted by molar-refractivity contribution is -0.134. The van der Waals surface area contributed by atoms with Crippen LogP contribution >= 0.6 is 0 Å². The third-order valence-corrected chi connectivity index (χ3v) is 9.57. The minimum Gasteiger partial charge on any atom is -0.508 e. The normalized spacial score (nSPS) is 21.2. The molecule has 6 amide bonds. The van der Waals surface area contributed by atoms with E-state index < -0.39 is 59.7 Å². The molecule has 1 aliphatic heterocycles. The van der Waals surface area contributed by atoms with Gasteiger partial charge in [-0.15, -0.1) is 0 Å². The average molecular weight is 753 g/mol. The summed E-state index contributed by atoms with van der Waals surface area (Å²) in [7, 11) is 0. The third kappa shape index (κ3) is 11.6. The zero-order chi connectivity index (χ0) is 39.3. The second-order valence-electron chi connectivity index (χ2n) is 13.8. The standard InChI is InChI=1S/C40H48N8O7/c41-29(20-25-13-15-27(49)16-14-25)37(52)46-32-12-6-7-19-43-35(50)18-17-31(36(42)51)45-39(54)33(21-24-8-2-1-3-9-24)47-40(55)34(48-38(32)53)22-26-23-44-30-11-5-4-10-28(26)30/h1-5,8-11,13-16,23,29,31-34,44,49H,6-7,12,17-22,41H2,(H2,42,51)(H,43,50)(H,45,54)(H,46,52)(H,47,55)(H,48,53)/t29-,31-,32+,33-,34-/m0/s1. The fourth-order valence-corrected chi connectivity index (χ4v) is 6.48. The zero-order valence-electron chi connectivity index (χ0n) is 30.4. The Hall–Kier alpha value is -6.22. The number of phenols is 1. The second-order valence-corrected chi connectivity index (χ2v) is 13.8. The van der Waals surface area contributed by atoms with E-state index in [4.69, 9.17) is 11.5 Å². The van der Waals surface area contributed by atoms with Crippen LogP contribution in [-0.4, -0.2) is 82.3 Å². The van der Waals surface area contributed by atoms with Crippen molar-refractivity contribution in [3.05, 3.63) is 102 Å². The van der Waals surface area contributed by atoms with Gasteiger partial charge >= 0.3 is 0 Å². The van der Waals surface area contributed by atoms with Crippen LogP contribution in [0.1, 0.15) is 48.8 Å². The smallest absolute Gasteiger partial charge is 0.243 e. The first-order valence-corrected chi connectivity index (χ1v) is 18.4. The summed E-state index contributed by atoms with van der Waals surface area (Å²) < 4.78 is 0. The summed E-state index contributed by atoms with van der Waals surface area (Å²) in [5, 5.41) is 24.2. The molecule has 0 saturated carbocycles. The summed E-state index contributed by atoms with van der Waals surface area (Å²) in [5.41, 5.74) is 14.8. The van der Waals surface area contributed by atoms with E-state index >= 15 is 0 Å². The number of hydrogen-bond acceptors (Lipinski definition) is 8. The van der Waals surface area contributed by atoms with E-state index in [9.17, 15) is 33.9 Å². The molecule has 2 heterocycles. The summed E-state index contributed by atoms with van der Waals surface area (Å²) in [6.07, 6.45) is 2.80. The first-order valence-electron chi connectivity index (χ1n) is 18.4. The maximum atomic E-state index is 14.3. The van der Waals surface area contributed by atoms with Gasteiger partial charge in [0.25, 0.3) is 0 Å². The molecule has 1 aliphatic rings.